The first-order valence-electron chi connectivity index (χ1n) is 8.14. The van der Waals surface area contributed by atoms with Crippen molar-refractivity contribution in [2.75, 3.05) is 0 Å². The first kappa shape index (κ1) is 17.2. The van der Waals surface area contributed by atoms with Crippen LogP contribution in [0.2, 0.25) is 0 Å². The van der Waals surface area contributed by atoms with E-state index in [1.54, 1.807) is 24.3 Å². The fourth-order valence-corrected chi connectivity index (χ4v) is 2.88. The standard InChI is InChI=1S/C18H13F3N4O2/c19-18(20,21)12-3-1-11(2-4-12)15-9-16(15)17(26)27-14-7-5-13(6-8-14)25-10-22-23-24-25/h1-8,10,15-16H,9H2/t15-,16-/m1/s1. The molecule has 1 aromatic heterocycles. The molecule has 3 aromatic rings. The van der Waals surface area contributed by atoms with E-state index >= 15 is 0 Å². The number of aromatic nitrogens is 4. The van der Waals surface area contributed by atoms with Crippen molar-refractivity contribution in [3.05, 3.63) is 66.0 Å². The van der Waals surface area contributed by atoms with Gasteiger partial charge in [-0.3, -0.25) is 4.79 Å². The first-order valence-corrected chi connectivity index (χ1v) is 8.14. The van der Waals surface area contributed by atoms with Crippen LogP contribution in [0.15, 0.2) is 54.9 Å². The first-order chi connectivity index (χ1) is 12.9. The minimum Gasteiger partial charge on any atom is -0.426 e. The molecule has 0 bridgehead atoms. The summed E-state index contributed by atoms with van der Waals surface area (Å²) >= 11 is 0. The highest BCUT2D eigenvalue weighted by atomic mass is 19.4. The van der Waals surface area contributed by atoms with Gasteiger partial charge >= 0.3 is 12.1 Å². The van der Waals surface area contributed by atoms with Crippen LogP contribution < -0.4 is 4.74 Å². The Hall–Kier alpha value is -3.23. The van der Waals surface area contributed by atoms with E-state index in [4.69, 9.17) is 4.74 Å². The Morgan fingerprint density at radius 1 is 1.07 bits per heavy atom. The molecule has 4 rings (SSSR count). The molecule has 0 aliphatic heterocycles. The van der Waals surface area contributed by atoms with Crippen LogP contribution in [0.4, 0.5) is 13.2 Å². The molecule has 9 heteroatoms. The summed E-state index contributed by atoms with van der Waals surface area (Å²) in [5, 5.41) is 10.8. The molecule has 0 unspecified atom stereocenters. The van der Waals surface area contributed by atoms with E-state index in [-0.39, 0.29) is 11.8 Å². The van der Waals surface area contributed by atoms with Crippen molar-refractivity contribution in [2.45, 2.75) is 18.5 Å². The van der Waals surface area contributed by atoms with Gasteiger partial charge in [0.25, 0.3) is 0 Å². The average Bonchev–Trinajstić information content (AvgIpc) is 3.27. The quantitative estimate of drug-likeness (QED) is 0.517. The fraction of sp³-hybridized carbons (Fsp3) is 0.222. The molecule has 0 amide bonds. The number of rotatable bonds is 4. The summed E-state index contributed by atoms with van der Waals surface area (Å²) in [6, 6.07) is 11.6. The van der Waals surface area contributed by atoms with Crippen LogP contribution in [0.25, 0.3) is 5.69 Å². The third kappa shape index (κ3) is 3.67. The lowest BCUT2D eigenvalue weighted by Gasteiger charge is -2.08. The number of alkyl halides is 3. The van der Waals surface area contributed by atoms with Crippen LogP contribution in [-0.2, 0) is 11.0 Å². The Kier molecular flexibility index (Phi) is 4.14. The number of tetrazole rings is 1. The van der Waals surface area contributed by atoms with Gasteiger partial charge in [0.1, 0.15) is 12.1 Å². The van der Waals surface area contributed by atoms with Gasteiger partial charge in [-0.1, -0.05) is 12.1 Å². The van der Waals surface area contributed by atoms with E-state index in [2.05, 4.69) is 15.5 Å². The third-order valence-electron chi connectivity index (χ3n) is 4.43. The van der Waals surface area contributed by atoms with Crippen molar-refractivity contribution < 1.29 is 22.7 Å². The second kappa shape index (κ2) is 6.49. The van der Waals surface area contributed by atoms with E-state index < -0.39 is 17.7 Å². The lowest BCUT2D eigenvalue weighted by Crippen LogP contribution is -2.11. The van der Waals surface area contributed by atoms with E-state index in [1.165, 1.54) is 23.1 Å². The van der Waals surface area contributed by atoms with E-state index in [1.807, 2.05) is 0 Å². The Labute approximate surface area is 151 Å². The highest BCUT2D eigenvalue weighted by Crippen LogP contribution is 2.48. The van der Waals surface area contributed by atoms with Crippen molar-refractivity contribution in [3.63, 3.8) is 0 Å². The topological polar surface area (TPSA) is 69.9 Å². The van der Waals surface area contributed by atoms with Crippen LogP contribution in [0.5, 0.6) is 5.75 Å². The van der Waals surface area contributed by atoms with Crippen LogP contribution >= 0.6 is 0 Å². The Bertz CT molecular complexity index is 938. The Morgan fingerprint density at radius 3 is 2.37 bits per heavy atom. The van der Waals surface area contributed by atoms with Gasteiger partial charge in [-0.05, 0) is 64.7 Å². The van der Waals surface area contributed by atoms with E-state index in [0.29, 0.717) is 23.4 Å². The molecule has 0 saturated heterocycles. The number of carbonyl (C=O) groups is 1. The molecule has 1 saturated carbocycles. The number of halogens is 3. The fourth-order valence-electron chi connectivity index (χ4n) is 2.88. The number of nitrogens with zero attached hydrogens (tertiary/aromatic N) is 4. The number of hydrogen-bond acceptors (Lipinski definition) is 5. The summed E-state index contributed by atoms with van der Waals surface area (Å²) in [5.41, 5.74) is 0.724. The maximum absolute atomic E-state index is 12.6. The lowest BCUT2D eigenvalue weighted by molar-refractivity contribution is -0.138. The molecule has 27 heavy (non-hydrogen) atoms. The number of carbonyl (C=O) groups excluding carboxylic acids is 1. The van der Waals surface area contributed by atoms with Gasteiger partial charge in [0.15, 0.2) is 0 Å². The predicted octanol–water partition coefficient (Wildman–Crippen LogP) is 3.39. The molecule has 2 atom stereocenters. The highest BCUT2D eigenvalue weighted by molar-refractivity contribution is 5.79. The molecule has 6 nitrogen and oxygen atoms in total. The normalized spacial score (nSPS) is 18.9. The number of ether oxygens (including phenoxy) is 1. The molecule has 138 valence electrons. The number of benzene rings is 2. The summed E-state index contributed by atoms with van der Waals surface area (Å²) in [5.74, 6) is -0.467. The highest BCUT2D eigenvalue weighted by Gasteiger charge is 2.45. The maximum Gasteiger partial charge on any atom is 0.416 e. The minimum absolute atomic E-state index is 0.111. The molecular formula is C18H13F3N4O2. The molecule has 1 fully saturated rings. The van der Waals surface area contributed by atoms with Gasteiger partial charge in [0.2, 0.25) is 0 Å². The monoisotopic (exact) mass is 374 g/mol. The van der Waals surface area contributed by atoms with Gasteiger partial charge in [-0.2, -0.15) is 13.2 Å². The second-order valence-corrected chi connectivity index (χ2v) is 6.24. The zero-order valence-corrected chi connectivity index (χ0v) is 13.8. The minimum atomic E-state index is -4.37. The van der Waals surface area contributed by atoms with Crippen LogP contribution in [0.1, 0.15) is 23.5 Å². The zero-order chi connectivity index (χ0) is 19.0. The molecule has 1 aliphatic rings. The molecule has 0 N–H and O–H groups in total. The maximum atomic E-state index is 12.6. The van der Waals surface area contributed by atoms with Crippen LogP contribution in [0, 0.1) is 5.92 Å². The largest absolute Gasteiger partial charge is 0.426 e. The van der Waals surface area contributed by atoms with Crippen LogP contribution in [0.3, 0.4) is 0 Å². The van der Waals surface area contributed by atoms with Crippen molar-refractivity contribution in [2.24, 2.45) is 5.92 Å². The summed E-state index contributed by atoms with van der Waals surface area (Å²) in [4.78, 5) is 12.3. The third-order valence-corrected chi connectivity index (χ3v) is 4.43. The molecule has 0 spiro atoms. The zero-order valence-electron chi connectivity index (χ0n) is 13.8. The molecule has 0 radical (unpaired) electrons. The lowest BCUT2D eigenvalue weighted by atomic mass is 10.1. The smallest absolute Gasteiger partial charge is 0.416 e. The molecule has 2 aromatic carbocycles. The van der Waals surface area contributed by atoms with Crippen molar-refractivity contribution in [1.29, 1.82) is 0 Å². The van der Waals surface area contributed by atoms with Crippen molar-refractivity contribution in [3.8, 4) is 11.4 Å². The Balaban J connectivity index is 1.37. The van der Waals surface area contributed by atoms with Crippen molar-refractivity contribution in [1.82, 2.24) is 20.2 Å². The van der Waals surface area contributed by atoms with E-state index in [9.17, 15) is 18.0 Å². The summed E-state index contributed by atoms with van der Waals surface area (Å²) in [7, 11) is 0. The van der Waals surface area contributed by atoms with Gasteiger partial charge in [-0.25, -0.2) is 4.68 Å². The van der Waals surface area contributed by atoms with E-state index in [0.717, 1.165) is 12.1 Å². The Morgan fingerprint density at radius 2 is 1.78 bits per heavy atom. The number of hydrogen-bond donors (Lipinski definition) is 0. The van der Waals surface area contributed by atoms with Gasteiger partial charge in [-0.15, -0.1) is 5.10 Å². The molecular weight excluding hydrogens is 361 g/mol. The average molecular weight is 374 g/mol. The molecule has 1 heterocycles. The van der Waals surface area contributed by atoms with Crippen molar-refractivity contribution >= 4 is 5.97 Å². The number of esters is 1. The van der Waals surface area contributed by atoms with Gasteiger partial charge in [0, 0.05) is 0 Å². The van der Waals surface area contributed by atoms with Crippen LogP contribution in [-0.4, -0.2) is 26.2 Å². The molecule has 1 aliphatic carbocycles. The SMILES string of the molecule is O=C(Oc1ccc(-n2cnnn2)cc1)[C@@H]1C[C@@H]1c1ccc(C(F)(F)F)cc1. The second-order valence-electron chi connectivity index (χ2n) is 6.24. The summed E-state index contributed by atoms with van der Waals surface area (Å²) in [6.45, 7) is 0. The van der Waals surface area contributed by atoms with Gasteiger partial charge in [0.05, 0.1) is 17.2 Å². The summed E-state index contributed by atoms with van der Waals surface area (Å²) < 4.78 is 44.7. The predicted molar refractivity (Wildman–Crippen MR) is 87.1 cm³/mol. The summed E-state index contributed by atoms with van der Waals surface area (Å²) in [6.07, 6.45) is -2.36. The van der Waals surface area contributed by atoms with Gasteiger partial charge < -0.3 is 4.74 Å².